The Kier molecular flexibility index (Phi) is 5.79. The predicted molar refractivity (Wildman–Crippen MR) is 92.6 cm³/mol. The molecule has 0 atom stereocenters. The number of nitro groups is 1. The fourth-order valence-corrected chi connectivity index (χ4v) is 2.88. The van der Waals surface area contributed by atoms with Crippen LogP contribution in [0.1, 0.15) is 25.6 Å². The number of nitrogens with zero attached hydrogens (tertiary/aromatic N) is 4. The minimum absolute atomic E-state index is 0.0864. The number of hydrogen-bond donors (Lipinski definition) is 1. The van der Waals surface area contributed by atoms with Crippen molar-refractivity contribution < 1.29 is 9.72 Å². The van der Waals surface area contributed by atoms with E-state index in [1.54, 1.807) is 0 Å². The first-order chi connectivity index (χ1) is 11.3. The summed E-state index contributed by atoms with van der Waals surface area (Å²) in [6, 6.07) is 3.88. The predicted octanol–water partition coefficient (Wildman–Crippen LogP) is 3.23. The standard InChI is InChI=1S/C14H16ClN5O3S/c1-8(2)13-17-18-14(19(13)3)24-7-12(21)16-11-6-9(20(22)23)4-5-10(11)15/h4-6,8H,7H2,1-3H3,(H,16,21). The number of hydrogen-bond acceptors (Lipinski definition) is 6. The number of nitrogens with one attached hydrogen (secondary N) is 1. The number of aromatic nitrogens is 3. The molecule has 1 aromatic heterocycles. The van der Waals surface area contributed by atoms with Gasteiger partial charge in [0.15, 0.2) is 5.16 Å². The van der Waals surface area contributed by atoms with Gasteiger partial charge in [0.1, 0.15) is 5.82 Å². The van der Waals surface area contributed by atoms with Gasteiger partial charge in [0.2, 0.25) is 5.91 Å². The summed E-state index contributed by atoms with van der Waals surface area (Å²) in [7, 11) is 1.84. The number of rotatable bonds is 6. The maximum Gasteiger partial charge on any atom is 0.271 e. The lowest BCUT2D eigenvalue weighted by molar-refractivity contribution is -0.384. The van der Waals surface area contributed by atoms with E-state index in [2.05, 4.69) is 15.5 Å². The van der Waals surface area contributed by atoms with Gasteiger partial charge in [-0.2, -0.15) is 0 Å². The van der Waals surface area contributed by atoms with E-state index in [1.807, 2.05) is 25.5 Å². The zero-order valence-electron chi connectivity index (χ0n) is 13.3. The molecule has 1 N–H and O–H groups in total. The molecule has 10 heteroatoms. The van der Waals surface area contributed by atoms with E-state index in [1.165, 1.54) is 30.0 Å². The van der Waals surface area contributed by atoms with Crippen molar-refractivity contribution in [1.29, 1.82) is 0 Å². The first-order valence-corrected chi connectivity index (χ1v) is 8.41. The van der Waals surface area contributed by atoms with Gasteiger partial charge in [0.25, 0.3) is 5.69 Å². The number of anilines is 1. The van der Waals surface area contributed by atoms with Crippen molar-refractivity contribution in [3.05, 3.63) is 39.2 Å². The second-order valence-corrected chi connectivity index (χ2v) is 6.66. The highest BCUT2D eigenvalue weighted by molar-refractivity contribution is 7.99. The molecule has 0 aliphatic heterocycles. The smallest absolute Gasteiger partial charge is 0.271 e. The molecule has 0 spiro atoms. The number of nitro benzene ring substituents is 1. The van der Waals surface area contributed by atoms with Gasteiger partial charge in [-0.3, -0.25) is 14.9 Å². The molecule has 0 bridgehead atoms. The molecule has 0 radical (unpaired) electrons. The van der Waals surface area contributed by atoms with E-state index in [0.717, 1.165) is 5.82 Å². The van der Waals surface area contributed by atoms with Crippen LogP contribution in [0.25, 0.3) is 0 Å². The van der Waals surface area contributed by atoms with Crippen molar-refractivity contribution in [3.63, 3.8) is 0 Å². The fourth-order valence-electron chi connectivity index (χ4n) is 1.99. The van der Waals surface area contributed by atoms with E-state index in [9.17, 15) is 14.9 Å². The minimum atomic E-state index is -0.548. The molecule has 0 unspecified atom stereocenters. The summed E-state index contributed by atoms with van der Waals surface area (Å²) in [6.07, 6.45) is 0. The molecule has 0 aliphatic carbocycles. The van der Waals surface area contributed by atoms with Crippen molar-refractivity contribution in [3.8, 4) is 0 Å². The van der Waals surface area contributed by atoms with Gasteiger partial charge in [0.05, 0.1) is 21.4 Å². The lowest BCUT2D eigenvalue weighted by Crippen LogP contribution is -2.15. The first kappa shape index (κ1) is 18.2. The second-order valence-electron chi connectivity index (χ2n) is 5.31. The minimum Gasteiger partial charge on any atom is -0.324 e. The molecule has 128 valence electrons. The monoisotopic (exact) mass is 369 g/mol. The Balaban J connectivity index is 2.02. The highest BCUT2D eigenvalue weighted by Crippen LogP contribution is 2.27. The lowest BCUT2D eigenvalue weighted by Gasteiger charge is -2.08. The summed E-state index contributed by atoms with van der Waals surface area (Å²) in [5.41, 5.74) is 0.0644. The lowest BCUT2D eigenvalue weighted by atomic mass is 10.2. The largest absolute Gasteiger partial charge is 0.324 e. The van der Waals surface area contributed by atoms with E-state index in [-0.39, 0.29) is 34.0 Å². The SMILES string of the molecule is CC(C)c1nnc(SCC(=O)Nc2cc([N+](=O)[O-])ccc2Cl)n1C. The van der Waals surface area contributed by atoms with Crippen LogP contribution in [0.3, 0.4) is 0 Å². The van der Waals surface area contributed by atoms with Gasteiger partial charge in [-0.05, 0) is 6.07 Å². The summed E-state index contributed by atoms with van der Waals surface area (Å²) in [6.45, 7) is 4.02. The van der Waals surface area contributed by atoms with Gasteiger partial charge in [-0.15, -0.1) is 10.2 Å². The topological polar surface area (TPSA) is 103 Å². The van der Waals surface area contributed by atoms with Crippen molar-refractivity contribution in [1.82, 2.24) is 14.8 Å². The Morgan fingerprint density at radius 2 is 2.17 bits per heavy atom. The molecular formula is C14H16ClN5O3S. The average molecular weight is 370 g/mol. The van der Waals surface area contributed by atoms with Crippen molar-refractivity contribution in [2.45, 2.75) is 24.9 Å². The zero-order valence-corrected chi connectivity index (χ0v) is 14.9. The Morgan fingerprint density at radius 3 is 2.75 bits per heavy atom. The Morgan fingerprint density at radius 1 is 1.46 bits per heavy atom. The summed E-state index contributed by atoms with van der Waals surface area (Å²) in [5, 5.41) is 22.4. The molecule has 0 saturated heterocycles. The number of amides is 1. The molecule has 0 aliphatic rings. The number of carbonyl (C=O) groups excluding carboxylic acids is 1. The third kappa shape index (κ3) is 4.24. The summed E-state index contributed by atoms with van der Waals surface area (Å²) in [4.78, 5) is 22.3. The maximum absolute atomic E-state index is 12.1. The van der Waals surface area contributed by atoms with Gasteiger partial charge in [-0.1, -0.05) is 37.2 Å². The molecule has 24 heavy (non-hydrogen) atoms. The molecule has 2 aromatic rings. The van der Waals surface area contributed by atoms with E-state index >= 15 is 0 Å². The number of thioether (sulfide) groups is 1. The Labute approximate surface area is 147 Å². The van der Waals surface area contributed by atoms with Gasteiger partial charge in [0, 0.05) is 25.1 Å². The third-order valence-electron chi connectivity index (χ3n) is 3.15. The molecule has 1 heterocycles. The average Bonchev–Trinajstić information content (AvgIpc) is 2.88. The third-order valence-corrected chi connectivity index (χ3v) is 4.50. The summed E-state index contributed by atoms with van der Waals surface area (Å²) >= 11 is 7.18. The second kappa shape index (κ2) is 7.63. The van der Waals surface area contributed by atoms with Crippen molar-refractivity contribution >= 4 is 40.6 Å². The van der Waals surface area contributed by atoms with E-state index in [0.29, 0.717) is 5.16 Å². The highest BCUT2D eigenvalue weighted by atomic mass is 35.5. The van der Waals surface area contributed by atoms with Crippen molar-refractivity contribution in [2.24, 2.45) is 7.05 Å². The molecule has 1 aromatic carbocycles. The van der Waals surface area contributed by atoms with Crippen LogP contribution in [0.2, 0.25) is 5.02 Å². The van der Waals surface area contributed by atoms with Crippen molar-refractivity contribution in [2.75, 3.05) is 11.1 Å². The van der Waals surface area contributed by atoms with Gasteiger partial charge < -0.3 is 9.88 Å². The van der Waals surface area contributed by atoms with Crippen LogP contribution in [0.5, 0.6) is 0 Å². The molecule has 0 fully saturated rings. The van der Waals surface area contributed by atoms with Crippen LogP contribution in [-0.4, -0.2) is 31.3 Å². The molecule has 8 nitrogen and oxygen atoms in total. The van der Waals surface area contributed by atoms with Crippen LogP contribution < -0.4 is 5.32 Å². The van der Waals surface area contributed by atoms with E-state index < -0.39 is 4.92 Å². The zero-order chi connectivity index (χ0) is 17.9. The first-order valence-electron chi connectivity index (χ1n) is 7.05. The Bertz CT molecular complexity index is 778. The van der Waals surface area contributed by atoms with Gasteiger partial charge >= 0.3 is 0 Å². The van der Waals surface area contributed by atoms with Crippen LogP contribution in [0, 0.1) is 10.1 Å². The summed E-state index contributed by atoms with van der Waals surface area (Å²) < 4.78 is 1.84. The fraction of sp³-hybridized carbons (Fsp3) is 0.357. The highest BCUT2D eigenvalue weighted by Gasteiger charge is 2.15. The molecule has 1 amide bonds. The van der Waals surface area contributed by atoms with Crippen LogP contribution in [0.15, 0.2) is 23.4 Å². The number of non-ortho nitro benzene ring substituents is 1. The summed E-state index contributed by atoms with van der Waals surface area (Å²) in [5.74, 6) is 0.814. The van der Waals surface area contributed by atoms with Crippen LogP contribution in [0.4, 0.5) is 11.4 Å². The maximum atomic E-state index is 12.1. The number of carbonyl (C=O) groups is 1. The normalized spacial score (nSPS) is 10.9. The van der Waals surface area contributed by atoms with Gasteiger partial charge in [-0.25, -0.2) is 0 Å². The molecule has 2 rings (SSSR count). The van der Waals surface area contributed by atoms with Crippen LogP contribution >= 0.6 is 23.4 Å². The number of halogens is 1. The quantitative estimate of drug-likeness (QED) is 0.476. The number of benzene rings is 1. The molecule has 0 saturated carbocycles. The Hall–Kier alpha value is -2.13. The van der Waals surface area contributed by atoms with E-state index in [4.69, 9.17) is 11.6 Å². The van der Waals surface area contributed by atoms with Crippen LogP contribution in [-0.2, 0) is 11.8 Å². The molecular weight excluding hydrogens is 354 g/mol.